The smallest absolute Gasteiger partial charge is 0.0212 e. The van der Waals surface area contributed by atoms with E-state index in [0.29, 0.717) is 5.92 Å². The number of hydrogen-bond acceptors (Lipinski definition) is 0. The van der Waals surface area contributed by atoms with Gasteiger partial charge in [0.05, 0.1) is 0 Å². The van der Waals surface area contributed by atoms with E-state index in [2.05, 4.69) is 52.4 Å². The summed E-state index contributed by atoms with van der Waals surface area (Å²) in [5.74, 6) is 0.460. The molecule has 13 heavy (non-hydrogen) atoms. The van der Waals surface area contributed by atoms with E-state index in [-0.39, 0.29) is 0 Å². The van der Waals surface area contributed by atoms with Crippen molar-refractivity contribution < 1.29 is 0 Å². The Morgan fingerprint density at radius 2 is 2.46 bits per heavy atom. The molecule has 1 aliphatic carbocycles. The summed E-state index contributed by atoms with van der Waals surface area (Å²) in [4.78, 5) is 0. The van der Waals surface area contributed by atoms with Crippen molar-refractivity contribution in [3.8, 4) is 0 Å². The second kappa shape index (κ2) is 3.93. The van der Waals surface area contributed by atoms with E-state index in [0.717, 1.165) is 5.33 Å². The van der Waals surface area contributed by atoms with Gasteiger partial charge in [-0.2, -0.15) is 0 Å². The third-order valence-electron chi connectivity index (χ3n) is 2.21. The van der Waals surface area contributed by atoms with Crippen LogP contribution < -0.4 is 0 Å². The Hall–Kier alpha value is -0.820. The Morgan fingerprint density at radius 1 is 1.54 bits per heavy atom. The molecule has 0 saturated heterocycles. The Balaban J connectivity index is 2.28. The van der Waals surface area contributed by atoms with E-state index < -0.39 is 0 Å². The molecular weight excluding hydrogens is 224 g/mol. The molecule has 0 aliphatic heterocycles. The van der Waals surface area contributed by atoms with Gasteiger partial charge in [-0.1, -0.05) is 52.4 Å². The SMILES string of the molecule is BrCC=CC1C=Cc2c[c]ccc21. The average Bonchev–Trinajstić information content (AvgIpc) is 2.58. The van der Waals surface area contributed by atoms with Gasteiger partial charge in [-0.15, -0.1) is 0 Å². The van der Waals surface area contributed by atoms with Gasteiger partial charge in [0.15, 0.2) is 0 Å². The summed E-state index contributed by atoms with van der Waals surface area (Å²) >= 11 is 3.38. The van der Waals surface area contributed by atoms with Gasteiger partial charge in [0.1, 0.15) is 0 Å². The molecule has 0 fully saturated rings. The molecular formula is C12H10Br. The summed E-state index contributed by atoms with van der Waals surface area (Å²) in [5.41, 5.74) is 2.68. The minimum absolute atomic E-state index is 0.460. The van der Waals surface area contributed by atoms with Crippen LogP contribution in [0, 0.1) is 6.07 Å². The van der Waals surface area contributed by atoms with Crippen molar-refractivity contribution in [1.82, 2.24) is 0 Å². The molecule has 0 saturated carbocycles. The molecule has 2 rings (SSSR count). The van der Waals surface area contributed by atoms with Crippen LogP contribution in [0.5, 0.6) is 0 Å². The molecule has 0 bridgehead atoms. The Kier molecular flexibility index (Phi) is 2.65. The summed E-state index contributed by atoms with van der Waals surface area (Å²) in [5, 5.41) is 0.922. The van der Waals surface area contributed by atoms with Crippen LogP contribution >= 0.6 is 15.9 Å². The molecule has 0 amide bonds. The minimum Gasteiger partial charge on any atom is -0.0883 e. The van der Waals surface area contributed by atoms with E-state index in [1.165, 1.54) is 11.1 Å². The Morgan fingerprint density at radius 3 is 3.31 bits per heavy atom. The number of rotatable bonds is 2. The zero-order valence-corrected chi connectivity index (χ0v) is 8.79. The normalized spacial score (nSPS) is 19.6. The van der Waals surface area contributed by atoms with Gasteiger partial charge in [-0.25, -0.2) is 0 Å². The van der Waals surface area contributed by atoms with Crippen molar-refractivity contribution >= 4 is 22.0 Å². The number of fused-ring (bicyclic) bond motifs is 1. The lowest BCUT2D eigenvalue weighted by molar-refractivity contribution is 1.11. The third kappa shape index (κ3) is 1.75. The van der Waals surface area contributed by atoms with Crippen LogP contribution in [0.3, 0.4) is 0 Å². The molecule has 1 aromatic carbocycles. The van der Waals surface area contributed by atoms with Crippen LogP contribution in [-0.2, 0) is 0 Å². The van der Waals surface area contributed by atoms with Crippen molar-refractivity contribution in [2.24, 2.45) is 0 Å². The van der Waals surface area contributed by atoms with E-state index >= 15 is 0 Å². The summed E-state index contributed by atoms with van der Waals surface area (Å²) < 4.78 is 0. The van der Waals surface area contributed by atoms with Crippen LogP contribution in [0.25, 0.3) is 6.08 Å². The second-order valence-electron chi connectivity index (χ2n) is 3.02. The summed E-state index contributed by atoms with van der Waals surface area (Å²) in [6.07, 6.45) is 8.74. The number of hydrogen-bond donors (Lipinski definition) is 0. The van der Waals surface area contributed by atoms with Gasteiger partial charge in [-0.3, -0.25) is 0 Å². The van der Waals surface area contributed by atoms with Gasteiger partial charge in [0.25, 0.3) is 0 Å². The molecule has 65 valence electrons. The number of allylic oxidation sites excluding steroid dienone is 3. The van der Waals surface area contributed by atoms with Gasteiger partial charge in [0.2, 0.25) is 0 Å². The van der Waals surface area contributed by atoms with Crippen LogP contribution in [0.4, 0.5) is 0 Å². The van der Waals surface area contributed by atoms with E-state index in [1.54, 1.807) is 0 Å². The van der Waals surface area contributed by atoms with Crippen molar-refractivity contribution in [2.45, 2.75) is 5.92 Å². The standard InChI is InChI=1S/C12H10Br/c13-9-3-5-11-8-7-10-4-1-2-6-12(10)11/h2-8,11H,9H2. The first-order valence-electron chi connectivity index (χ1n) is 4.32. The summed E-state index contributed by atoms with van der Waals surface area (Å²) in [6, 6.07) is 9.23. The second-order valence-corrected chi connectivity index (χ2v) is 3.67. The highest BCUT2D eigenvalue weighted by molar-refractivity contribution is 9.09. The fourth-order valence-electron chi connectivity index (χ4n) is 1.58. The monoisotopic (exact) mass is 233 g/mol. The molecule has 1 atom stereocenters. The van der Waals surface area contributed by atoms with E-state index in [1.807, 2.05) is 12.1 Å². The van der Waals surface area contributed by atoms with Crippen LogP contribution in [-0.4, -0.2) is 5.33 Å². The maximum Gasteiger partial charge on any atom is 0.0212 e. The van der Waals surface area contributed by atoms with Crippen LogP contribution in [0.15, 0.2) is 36.4 Å². The Bertz CT molecular complexity index is 350. The molecule has 0 heterocycles. The largest absolute Gasteiger partial charge is 0.0883 e. The lowest BCUT2D eigenvalue weighted by atomic mass is 10.0. The predicted molar refractivity (Wildman–Crippen MR) is 60.0 cm³/mol. The predicted octanol–water partition coefficient (Wildman–Crippen LogP) is 3.55. The van der Waals surface area contributed by atoms with Gasteiger partial charge in [0, 0.05) is 11.2 Å². The maximum atomic E-state index is 3.38. The van der Waals surface area contributed by atoms with Gasteiger partial charge >= 0.3 is 0 Å². The lowest BCUT2D eigenvalue weighted by Gasteiger charge is -2.04. The fraction of sp³-hybridized carbons (Fsp3) is 0.167. The third-order valence-corrected chi connectivity index (χ3v) is 2.58. The van der Waals surface area contributed by atoms with Crippen molar-refractivity contribution in [1.29, 1.82) is 0 Å². The molecule has 1 aliphatic rings. The molecule has 0 N–H and O–H groups in total. The summed E-state index contributed by atoms with van der Waals surface area (Å²) in [7, 11) is 0. The van der Waals surface area contributed by atoms with E-state index in [9.17, 15) is 0 Å². The molecule has 0 aromatic heterocycles. The summed E-state index contributed by atoms with van der Waals surface area (Å²) in [6.45, 7) is 0. The minimum atomic E-state index is 0.460. The average molecular weight is 234 g/mol. The molecule has 1 heteroatoms. The molecule has 1 unspecified atom stereocenters. The van der Waals surface area contributed by atoms with Gasteiger partial charge < -0.3 is 0 Å². The zero-order valence-electron chi connectivity index (χ0n) is 7.20. The number of benzene rings is 1. The molecule has 1 radical (unpaired) electrons. The Labute approximate surface area is 87.1 Å². The first kappa shape index (κ1) is 8.76. The molecule has 0 nitrogen and oxygen atoms in total. The van der Waals surface area contributed by atoms with Crippen molar-refractivity contribution in [3.63, 3.8) is 0 Å². The highest BCUT2D eigenvalue weighted by Gasteiger charge is 2.12. The first-order chi connectivity index (χ1) is 6.42. The molecule has 1 aromatic rings. The molecule has 0 spiro atoms. The lowest BCUT2D eigenvalue weighted by Crippen LogP contribution is -1.87. The van der Waals surface area contributed by atoms with Crippen molar-refractivity contribution in [2.75, 3.05) is 5.33 Å². The first-order valence-corrected chi connectivity index (χ1v) is 5.45. The van der Waals surface area contributed by atoms with Crippen LogP contribution in [0.1, 0.15) is 17.0 Å². The van der Waals surface area contributed by atoms with Crippen LogP contribution in [0.2, 0.25) is 0 Å². The quantitative estimate of drug-likeness (QED) is 0.542. The maximum absolute atomic E-state index is 3.38. The zero-order chi connectivity index (χ0) is 9.10. The topological polar surface area (TPSA) is 0 Å². The fourth-order valence-corrected chi connectivity index (χ4v) is 1.80. The van der Waals surface area contributed by atoms with Crippen molar-refractivity contribution in [3.05, 3.63) is 53.6 Å². The number of alkyl halides is 1. The highest BCUT2D eigenvalue weighted by Crippen LogP contribution is 2.30. The van der Waals surface area contributed by atoms with Gasteiger partial charge in [-0.05, 0) is 23.3 Å². The highest BCUT2D eigenvalue weighted by atomic mass is 79.9. The number of halogens is 1. The van der Waals surface area contributed by atoms with E-state index in [4.69, 9.17) is 0 Å².